The van der Waals surface area contributed by atoms with Crippen LogP contribution in [0, 0.1) is 0 Å². The van der Waals surface area contributed by atoms with E-state index in [1.54, 1.807) is 7.05 Å². The minimum Gasteiger partial charge on any atom is -0.380 e. The average Bonchev–Trinajstić information content (AvgIpc) is 2.68. The molecule has 0 bridgehead atoms. The fraction of sp³-hybridized carbons (Fsp3) is 0.667. The van der Waals surface area contributed by atoms with Crippen LogP contribution in [0.15, 0.2) is 23.3 Å². The predicted molar refractivity (Wildman–Crippen MR) is 103 cm³/mol. The molecule has 0 unspecified atom stereocenters. The number of nitrogens with one attached hydrogen (secondary N) is 2. The summed E-state index contributed by atoms with van der Waals surface area (Å²) in [5.74, 6) is 1.85. The average molecular weight is 348 g/mol. The number of aliphatic imine (C=N–C) groups is 1. The number of ether oxygens (including phenoxy) is 1. The summed E-state index contributed by atoms with van der Waals surface area (Å²) < 4.78 is 5.31. The maximum atomic E-state index is 5.31. The summed E-state index contributed by atoms with van der Waals surface area (Å²) in [4.78, 5) is 13.7. The van der Waals surface area contributed by atoms with Crippen molar-refractivity contribution >= 4 is 11.8 Å². The van der Waals surface area contributed by atoms with Crippen LogP contribution < -0.4 is 15.5 Å². The molecule has 7 nitrogen and oxygen atoms in total. The first-order valence-electron chi connectivity index (χ1n) is 9.21. The minimum atomic E-state index is 0.679. The second-order valence-electron chi connectivity index (χ2n) is 6.00. The first-order chi connectivity index (χ1) is 12.3. The SMILES string of the molecule is CCOCCNC(=NC)NCc1ccc(N2CCN(CC)CC2)nc1. The Balaban J connectivity index is 1.76. The lowest BCUT2D eigenvalue weighted by Gasteiger charge is -2.34. The van der Waals surface area contributed by atoms with Crippen molar-refractivity contribution in [2.45, 2.75) is 20.4 Å². The van der Waals surface area contributed by atoms with Crippen LogP contribution in [0.1, 0.15) is 19.4 Å². The van der Waals surface area contributed by atoms with Gasteiger partial charge >= 0.3 is 0 Å². The van der Waals surface area contributed by atoms with Crippen LogP contribution in [0.3, 0.4) is 0 Å². The smallest absolute Gasteiger partial charge is 0.191 e. The molecule has 0 aromatic carbocycles. The van der Waals surface area contributed by atoms with Crippen LogP contribution in [0.5, 0.6) is 0 Å². The molecule has 25 heavy (non-hydrogen) atoms. The fourth-order valence-corrected chi connectivity index (χ4v) is 2.79. The molecule has 0 saturated carbocycles. The summed E-state index contributed by atoms with van der Waals surface area (Å²) in [6.07, 6.45) is 1.95. The first-order valence-corrected chi connectivity index (χ1v) is 9.21. The van der Waals surface area contributed by atoms with Crippen molar-refractivity contribution in [3.05, 3.63) is 23.9 Å². The van der Waals surface area contributed by atoms with E-state index in [1.807, 2.05) is 13.1 Å². The number of anilines is 1. The molecule has 0 aliphatic carbocycles. The lowest BCUT2D eigenvalue weighted by Crippen LogP contribution is -2.46. The Labute approximate surface area is 151 Å². The molecule has 140 valence electrons. The second-order valence-corrected chi connectivity index (χ2v) is 6.00. The number of rotatable bonds is 8. The van der Waals surface area contributed by atoms with Crippen molar-refractivity contribution in [3.63, 3.8) is 0 Å². The number of pyridine rings is 1. The van der Waals surface area contributed by atoms with Crippen molar-refractivity contribution in [1.29, 1.82) is 0 Å². The summed E-state index contributed by atoms with van der Waals surface area (Å²) in [5.41, 5.74) is 1.14. The number of guanidine groups is 1. The third-order valence-electron chi connectivity index (χ3n) is 4.38. The molecule has 2 N–H and O–H groups in total. The van der Waals surface area contributed by atoms with Crippen LogP contribution in [0.2, 0.25) is 0 Å². The van der Waals surface area contributed by atoms with Crippen LogP contribution in [-0.4, -0.2) is 75.4 Å². The molecule has 1 aliphatic rings. The summed E-state index contributed by atoms with van der Waals surface area (Å²) >= 11 is 0. The maximum absolute atomic E-state index is 5.31. The zero-order chi connectivity index (χ0) is 17.9. The van der Waals surface area contributed by atoms with Crippen LogP contribution in [0.4, 0.5) is 5.82 Å². The molecule has 0 atom stereocenters. The van der Waals surface area contributed by atoms with E-state index in [9.17, 15) is 0 Å². The topological polar surface area (TPSA) is 65.0 Å². The van der Waals surface area contributed by atoms with Gasteiger partial charge in [0, 0.05) is 59.1 Å². The molecule has 1 aromatic heterocycles. The van der Waals surface area contributed by atoms with Gasteiger partial charge < -0.3 is 25.2 Å². The highest BCUT2D eigenvalue weighted by atomic mass is 16.5. The highest BCUT2D eigenvalue weighted by Gasteiger charge is 2.16. The Bertz CT molecular complexity index is 511. The van der Waals surface area contributed by atoms with E-state index in [0.29, 0.717) is 13.2 Å². The Morgan fingerprint density at radius 3 is 2.60 bits per heavy atom. The number of hydrogen-bond donors (Lipinski definition) is 2. The van der Waals surface area contributed by atoms with Gasteiger partial charge in [-0.2, -0.15) is 0 Å². The monoisotopic (exact) mass is 348 g/mol. The van der Waals surface area contributed by atoms with Gasteiger partial charge in [0.15, 0.2) is 5.96 Å². The standard InChI is InChI=1S/C18H32N6O/c1-4-23-9-11-24(12-10-23)17-7-6-16(14-21-17)15-22-18(19-3)20-8-13-25-5-2/h6-7,14H,4-5,8-13,15H2,1-3H3,(H2,19,20,22). The largest absolute Gasteiger partial charge is 0.380 e. The number of aromatic nitrogens is 1. The number of likely N-dealkylation sites (N-methyl/N-ethyl adjacent to an activating group) is 1. The van der Waals surface area contributed by atoms with Gasteiger partial charge in [0.25, 0.3) is 0 Å². The van der Waals surface area contributed by atoms with E-state index in [2.05, 4.69) is 49.5 Å². The van der Waals surface area contributed by atoms with E-state index in [-0.39, 0.29) is 0 Å². The van der Waals surface area contributed by atoms with Gasteiger partial charge in [-0.3, -0.25) is 4.99 Å². The molecule has 0 amide bonds. The summed E-state index contributed by atoms with van der Waals surface area (Å²) in [7, 11) is 1.77. The molecule has 2 rings (SSSR count). The van der Waals surface area contributed by atoms with Gasteiger partial charge in [-0.15, -0.1) is 0 Å². The molecule has 0 spiro atoms. The number of hydrogen-bond acceptors (Lipinski definition) is 5. The normalized spacial score (nSPS) is 16.1. The quantitative estimate of drug-likeness (QED) is 0.414. The van der Waals surface area contributed by atoms with Gasteiger partial charge in [-0.25, -0.2) is 4.98 Å². The molecule has 1 aromatic rings. The molecule has 1 fully saturated rings. The predicted octanol–water partition coefficient (Wildman–Crippen LogP) is 0.925. The van der Waals surface area contributed by atoms with E-state index in [4.69, 9.17) is 4.74 Å². The summed E-state index contributed by atoms with van der Waals surface area (Å²) in [5, 5.41) is 6.53. The zero-order valence-corrected chi connectivity index (χ0v) is 15.8. The van der Waals surface area contributed by atoms with Crippen molar-refractivity contribution in [2.24, 2.45) is 4.99 Å². The van der Waals surface area contributed by atoms with Crippen molar-refractivity contribution < 1.29 is 4.74 Å². The highest BCUT2D eigenvalue weighted by Crippen LogP contribution is 2.13. The number of piperazine rings is 1. The van der Waals surface area contributed by atoms with Crippen molar-refractivity contribution in [2.75, 3.05) is 64.4 Å². The Hall–Kier alpha value is -1.86. The Kier molecular flexibility index (Phi) is 8.48. The van der Waals surface area contributed by atoms with E-state index >= 15 is 0 Å². The number of nitrogens with zero attached hydrogens (tertiary/aromatic N) is 4. The van der Waals surface area contributed by atoms with E-state index in [0.717, 1.165) is 63.2 Å². The molecule has 2 heterocycles. The van der Waals surface area contributed by atoms with Gasteiger partial charge in [0.2, 0.25) is 0 Å². The lowest BCUT2D eigenvalue weighted by molar-refractivity contribution is 0.152. The third kappa shape index (κ3) is 6.51. The highest BCUT2D eigenvalue weighted by molar-refractivity contribution is 5.79. The summed E-state index contributed by atoms with van der Waals surface area (Å²) in [6.45, 7) is 12.5. The third-order valence-corrected chi connectivity index (χ3v) is 4.38. The van der Waals surface area contributed by atoms with Gasteiger partial charge in [-0.1, -0.05) is 13.0 Å². The zero-order valence-electron chi connectivity index (χ0n) is 15.8. The lowest BCUT2D eigenvalue weighted by atomic mass is 10.2. The molecular formula is C18H32N6O. The van der Waals surface area contributed by atoms with Crippen LogP contribution >= 0.6 is 0 Å². The van der Waals surface area contributed by atoms with E-state index in [1.165, 1.54) is 0 Å². The maximum Gasteiger partial charge on any atom is 0.191 e. The van der Waals surface area contributed by atoms with Gasteiger partial charge in [0.05, 0.1) is 6.61 Å². The van der Waals surface area contributed by atoms with Gasteiger partial charge in [-0.05, 0) is 25.1 Å². The van der Waals surface area contributed by atoms with Crippen molar-refractivity contribution in [1.82, 2.24) is 20.5 Å². The summed E-state index contributed by atoms with van der Waals surface area (Å²) in [6, 6.07) is 4.25. The molecule has 0 radical (unpaired) electrons. The Morgan fingerprint density at radius 2 is 2.00 bits per heavy atom. The molecule has 7 heteroatoms. The van der Waals surface area contributed by atoms with Crippen LogP contribution in [-0.2, 0) is 11.3 Å². The fourth-order valence-electron chi connectivity index (χ4n) is 2.79. The van der Waals surface area contributed by atoms with Gasteiger partial charge in [0.1, 0.15) is 5.82 Å². The first kappa shape index (κ1) is 19.5. The Morgan fingerprint density at radius 1 is 1.20 bits per heavy atom. The molecule has 1 saturated heterocycles. The molecule has 1 aliphatic heterocycles. The second kappa shape index (κ2) is 10.9. The molecular weight excluding hydrogens is 316 g/mol. The van der Waals surface area contributed by atoms with E-state index < -0.39 is 0 Å². The minimum absolute atomic E-state index is 0.679. The van der Waals surface area contributed by atoms with Crippen molar-refractivity contribution in [3.8, 4) is 0 Å². The van der Waals surface area contributed by atoms with Crippen LogP contribution in [0.25, 0.3) is 0 Å².